The summed E-state index contributed by atoms with van der Waals surface area (Å²) in [4.78, 5) is 0. The van der Waals surface area contributed by atoms with Gasteiger partial charge in [0.2, 0.25) is 0 Å². The molecule has 0 saturated carbocycles. The van der Waals surface area contributed by atoms with Crippen LogP contribution in [0.15, 0.2) is 24.3 Å². The zero-order valence-electron chi connectivity index (χ0n) is 10.4. The van der Waals surface area contributed by atoms with Gasteiger partial charge in [-0.05, 0) is 26.0 Å². The molecule has 0 spiro atoms. The maximum Gasteiger partial charge on any atom is 0.128 e. The standard InChI is InChI=1S/C13H17N3O/c1-9-4-6-11(7-5-9)17-8-12-10(2)15-16(3)13(12)14/h4-7H,8,14H2,1-3H3. The highest BCUT2D eigenvalue weighted by Crippen LogP contribution is 2.19. The van der Waals surface area contributed by atoms with Crippen molar-refractivity contribution in [2.24, 2.45) is 7.05 Å². The molecule has 2 rings (SSSR count). The predicted molar refractivity (Wildman–Crippen MR) is 67.9 cm³/mol. The van der Waals surface area contributed by atoms with Gasteiger partial charge in [0.05, 0.1) is 11.3 Å². The number of hydrogen-bond acceptors (Lipinski definition) is 3. The van der Waals surface area contributed by atoms with Crippen LogP contribution in [-0.2, 0) is 13.7 Å². The average Bonchev–Trinajstić information content (AvgIpc) is 2.54. The van der Waals surface area contributed by atoms with Crippen LogP contribution in [0.3, 0.4) is 0 Å². The first-order valence-corrected chi connectivity index (χ1v) is 5.55. The third kappa shape index (κ3) is 2.41. The van der Waals surface area contributed by atoms with Crippen LogP contribution in [0.2, 0.25) is 0 Å². The minimum Gasteiger partial charge on any atom is -0.489 e. The second-order valence-corrected chi connectivity index (χ2v) is 4.17. The van der Waals surface area contributed by atoms with Crippen molar-refractivity contribution in [3.63, 3.8) is 0 Å². The molecular weight excluding hydrogens is 214 g/mol. The quantitative estimate of drug-likeness (QED) is 0.881. The number of ether oxygens (including phenoxy) is 1. The lowest BCUT2D eigenvalue weighted by Crippen LogP contribution is -2.02. The van der Waals surface area contributed by atoms with Crippen LogP contribution >= 0.6 is 0 Å². The highest BCUT2D eigenvalue weighted by molar-refractivity contribution is 5.42. The number of hydrogen-bond donors (Lipinski definition) is 1. The minimum absolute atomic E-state index is 0.453. The summed E-state index contributed by atoms with van der Waals surface area (Å²) in [6.45, 7) is 4.44. The molecule has 0 aliphatic heterocycles. The molecule has 0 unspecified atom stereocenters. The van der Waals surface area contributed by atoms with Gasteiger partial charge in [-0.2, -0.15) is 5.10 Å². The normalized spacial score (nSPS) is 10.5. The number of nitrogens with two attached hydrogens (primary N) is 1. The Morgan fingerprint density at radius 1 is 1.24 bits per heavy atom. The number of nitrogens with zero attached hydrogens (tertiary/aromatic N) is 2. The molecular formula is C13H17N3O. The Morgan fingerprint density at radius 3 is 2.41 bits per heavy atom. The Labute approximate surface area is 101 Å². The van der Waals surface area contributed by atoms with Crippen LogP contribution in [-0.4, -0.2) is 9.78 Å². The number of benzene rings is 1. The molecule has 90 valence electrons. The molecule has 1 aromatic carbocycles. The van der Waals surface area contributed by atoms with Crippen molar-refractivity contribution >= 4 is 5.82 Å². The molecule has 4 nitrogen and oxygen atoms in total. The first-order chi connectivity index (χ1) is 8.08. The number of aromatic nitrogens is 2. The van der Waals surface area contributed by atoms with Gasteiger partial charge < -0.3 is 10.5 Å². The Morgan fingerprint density at radius 2 is 1.88 bits per heavy atom. The summed E-state index contributed by atoms with van der Waals surface area (Å²) in [6.07, 6.45) is 0. The van der Waals surface area contributed by atoms with E-state index in [0.29, 0.717) is 12.4 Å². The molecule has 17 heavy (non-hydrogen) atoms. The van der Waals surface area contributed by atoms with Gasteiger partial charge in [0, 0.05) is 7.05 Å². The lowest BCUT2D eigenvalue weighted by molar-refractivity contribution is 0.306. The van der Waals surface area contributed by atoms with Crippen LogP contribution in [0.25, 0.3) is 0 Å². The van der Waals surface area contributed by atoms with E-state index in [9.17, 15) is 0 Å². The molecule has 0 aliphatic rings. The Balaban J connectivity index is 2.09. The number of rotatable bonds is 3. The Bertz CT molecular complexity index is 514. The van der Waals surface area contributed by atoms with Crippen molar-refractivity contribution in [2.45, 2.75) is 20.5 Å². The first-order valence-electron chi connectivity index (χ1n) is 5.55. The number of anilines is 1. The van der Waals surface area contributed by atoms with Crippen LogP contribution in [0.5, 0.6) is 5.75 Å². The minimum atomic E-state index is 0.453. The molecule has 0 radical (unpaired) electrons. The van der Waals surface area contributed by atoms with E-state index < -0.39 is 0 Å². The summed E-state index contributed by atoms with van der Waals surface area (Å²) in [5.41, 5.74) is 9.00. The molecule has 4 heteroatoms. The molecule has 0 aliphatic carbocycles. The molecule has 0 bridgehead atoms. The summed E-state index contributed by atoms with van der Waals surface area (Å²) in [6, 6.07) is 7.96. The van der Waals surface area contributed by atoms with E-state index in [1.807, 2.05) is 45.2 Å². The smallest absolute Gasteiger partial charge is 0.128 e. The Hall–Kier alpha value is -1.97. The third-order valence-electron chi connectivity index (χ3n) is 2.80. The second-order valence-electron chi connectivity index (χ2n) is 4.17. The maximum atomic E-state index is 5.91. The van der Waals surface area contributed by atoms with E-state index in [1.54, 1.807) is 4.68 Å². The van der Waals surface area contributed by atoms with E-state index in [4.69, 9.17) is 10.5 Å². The highest BCUT2D eigenvalue weighted by Gasteiger charge is 2.10. The molecule has 0 fully saturated rings. The monoisotopic (exact) mass is 231 g/mol. The highest BCUT2D eigenvalue weighted by atomic mass is 16.5. The van der Waals surface area contributed by atoms with Gasteiger partial charge in [-0.25, -0.2) is 0 Å². The van der Waals surface area contributed by atoms with Crippen molar-refractivity contribution in [2.75, 3.05) is 5.73 Å². The summed E-state index contributed by atoms with van der Waals surface area (Å²) in [7, 11) is 1.83. The fraction of sp³-hybridized carbons (Fsp3) is 0.308. The molecule has 1 aromatic heterocycles. The maximum absolute atomic E-state index is 5.91. The summed E-state index contributed by atoms with van der Waals surface area (Å²) in [5.74, 6) is 1.51. The fourth-order valence-electron chi connectivity index (χ4n) is 1.69. The van der Waals surface area contributed by atoms with Gasteiger partial charge >= 0.3 is 0 Å². The second kappa shape index (κ2) is 4.49. The molecule has 0 atom stereocenters. The lowest BCUT2D eigenvalue weighted by atomic mass is 10.2. The van der Waals surface area contributed by atoms with Crippen molar-refractivity contribution in [1.82, 2.24) is 9.78 Å². The van der Waals surface area contributed by atoms with E-state index in [2.05, 4.69) is 5.10 Å². The summed E-state index contributed by atoms with van der Waals surface area (Å²) >= 11 is 0. The van der Waals surface area contributed by atoms with Gasteiger partial charge in [0.25, 0.3) is 0 Å². The van der Waals surface area contributed by atoms with Gasteiger partial charge in [-0.1, -0.05) is 17.7 Å². The largest absolute Gasteiger partial charge is 0.489 e. The fourth-order valence-corrected chi connectivity index (χ4v) is 1.69. The summed E-state index contributed by atoms with van der Waals surface area (Å²) < 4.78 is 7.36. The summed E-state index contributed by atoms with van der Waals surface area (Å²) in [5, 5.41) is 4.25. The molecule has 0 saturated heterocycles. The average molecular weight is 231 g/mol. The lowest BCUT2D eigenvalue weighted by Gasteiger charge is -2.06. The van der Waals surface area contributed by atoms with Crippen molar-refractivity contribution in [3.8, 4) is 5.75 Å². The van der Waals surface area contributed by atoms with E-state index in [0.717, 1.165) is 17.0 Å². The SMILES string of the molecule is Cc1ccc(OCc2c(C)nn(C)c2N)cc1. The van der Waals surface area contributed by atoms with Crippen molar-refractivity contribution in [3.05, 3.63) is 41.1 Å². The van der Waals surface area contributed by atoms with Crippen LogP contribution in [0.4, 0.5) is 5.82 Å². The van der Waals surface area contributed by atoms with Crippen molar-refractivity contribution < 1.29 is 4.74 Å². The Kier molecular flexibility index (Phi) is 3.04. The van der Waals surface area contributed by atoms with Gasteiger partial charge in [-0.15, -0.1) is 0 Å². The zero-order valence-corrected chi connectivity index (χ0v) is 10.4. The number of nitrogen functional groups attached to an aromatic ring is 1. The first kappa shape index (κ1) is 11.5. The van der Waals surface area contributed by atoms with E-state index in [-0.39, 0.29) is 0 Å². The van der Waals surface area contributed by atoms with Crippen LogP contribution in [0, 0.1) is 13.8 Å². The van der Waals surface area contributed by atoms with Crippen LogP contribution in [0.1, 0.15) is 16.8 Å². The van der Waals surface area contributed by atoms with Gasteiger partial charge in [0.1, 0.15) is 18.2 Å². The topological polar surface area (TPSA) is 53.1 Å². The van der Waals surface area contributed by atoms with Crippen LogP contribution < -0.4 is 10.5 Å². The molecule has 2 aromatic rings. The zero-order chi connectivity index (χ0) is 12.4. The number of aryl methyl sites for hydroxylation is 3. The van der Waals surface area contributed by atoms with Gasteiger partial charge in [0.15, 0.2) is 0 Å². The molecule has 0 amide bonds. The van der Waals surface area contributed by atoms with E-state index >= 15 is 0 Å². The predicted octanol–water partition coefficient (Wildman–Crippen LogP) is 2.20. The van der Waals surface area contributed by atoms with Gasteiger partial charge in [-0.3, -0.25) is 4.68 Å². The molecule has 1 heterocycles. The van der Waals surface area contributed by atoms with E-state index in [1.165, 1.54) is 5.56 Å². The third-order valence-corrected chi connectivity index (χ3v) is 2.80. The van der Waals surface area contributed by atoms with Crippen molar-refractivity contribution in [1.29, 1.82) is 0 Å². The molecule has 2 N–H and O–H groups in total.